The predicted molar refractivity (Wildman–Crippen MR) is 97.4 cm³/mol. The monoisotopic (exact) mass is 336 g/mol. The molecule has 1 aliphatic rings. The Bertz CT molecular complexity index is 539. The Labute approximate surface area is 145 Å². The summed E-state index contributed by atoms with van der Waals surface area (Å²) in [5.41, 5.74) is 1.16. The summed E-state index contributed by atoms with van der Waals surface area (Å²) in [6, 6.07) is 2.06. The standard InChI is InChI=1S/C18H32N4O2/c1-13(2)11-22-6-7-23-17(12-22)10-21-18(19-5)20-9-16-8-14(3)24-15(16)4/h8,13,17H,6-7,9-12H2,1-5H3,(H2,19,20,21). The number of nitrogens with zero attached hydrogens (tertiary/aromatic N) is 2. The zero-order valence-electron chi connectivity index (χ0n) is 15.7. The van der Waals surface area contributed by atoms with Gasteiger partial charge in [-0.3, -0.25) is 9.89 Å². The number of furan rings is 1. The smallest absolute Gasteiger partial charge is 0.191 e. The second-order valence-corrected chi connectivity index (χ2v) is 6.89. The molecule has 24 heavy (non-hydrogen) atoms. The molecule has 0 spiro atoms. The molecule has 6 heteroatoms. The van der Waals surface area contributed by atoms with Gasteiger partial charge in [0.05, 0.1) is 12.7 Å². The minimum absolute atomic E-state index is 0.203. The van der Waals surface area contributed by atoms with Gasteiger partial charge in [0, 0.05) is 45.3 Å². The van der Waals surface area contributed by atoms with Crippen molar-refractivity contribution in [3.8, 4) is 0 Å². The molecule has 136 valence electrons. The van der Waals surface area contributed by atoms with Crippen molar-refractivity contribution in [1.82, 2.24) is 15.5 Å². The summed E-state index contributed by atoms with van der Waals surface area (Å²) in [6.07, 6.45) is 0.203. The van der Waals surface area contributed by atoms with Crippen molar-refractivity contribution in [3.05, 3.63) is 23.2 Å². The third-order valence-electron chi connectivity index (χ3n) is 4.16. The highest BCUT2D eigenvalue weighted by Crippen LogP contribution is 2.13. The first-order valence-corrected chi connectivity index (χ1v) is 8.82. The normalized spacial score (nSPS) is 19.8. The SMILES string of the molecule is CN=C(NCc1cc(C)oc1C)NCC1CN(CC(C)C)CCO1. The van der Waals surface area contributed by atoms with Crippen molar-refractivity contribution >= 4 is 5.96 Å². The summed E-state index contributed by atoms with van der Waals surface area (Å²) in [6.45, 7) is 13.9. The van der Waals surface area contributed by atoms with Crippen LogP contribution in [-0.2, 0) is 11.3 Å². The molecule has 0 bridgehead atoms. The van der Waals surface area contributed by atoms with E-state index in [0.717, 1.165) is 55.8 Å². The number of aryl methyl sites for hydroxylation is 2. The predicted octanol–water partition coefficient (Wildman–Crippen LogP) is 1.92. The summed E-state index contributed by atoms with van der Waals surface area (Å²) in [5, 5.41) is 6.70. The van der Waals surface area contributed by atoms with Crippen molar-refractivity contribution < 1.29 is 9.15 Å². The molecule has 0 radical (unpaired) electrons. The molecule has 0 aromatic carbocycles. The van der Waals surface area contributed by atoms with Gasteiger partial charge in [0.1, 0.15) is 11.5 Å². The molecule has 1 saturated heterocycles. The number of guanidine groups is 1. The lowest BCUT2D eigenvalue weighted by Gasteiger charge is -2.34. The van der Waals surface area contributed by atoms with Crippen molar-refractivity contribution in [1.29, 1.82) is 0 Å². The van der Waals surface area contributed by atoms with Crippen LogP contribution in [0.15, 0.2) is 15.5 Å². The van der Waals surface area contributed by atoms with E-state index in [9.17, 15) is 0 Å². The van der Waals surface area contributed by atoms with Crippen LogP contribution in [0.25, 0.3) is 0 Å². The van der Waals surface area contributed by atoms with Crippen LogP contribution in [0.2, 0.25) is 0 Å². The molecule has 1 atom stereocenters. The third kappa shape index (κ3) is 5.83. The van der Waals surface area contributed by atoms with E-state index < -0.39 is 0 Å². The summed E-state index contributed by atoms with van der Waals surface area (Å²) in [5.74, 6) is 3.37. The average molecular weight is 336 g/mol. The van der Waals surface area contributed by atoms with E-state index in [-0.39, 0.29) is 6.10 Å². The molecule has 1 aromatic rings. The quantitative estimate of drug-likeness (QED) is 0.614. The van der Waals surface area contributed by atoms with Crippen LogP contribution in [0.5, 0.6) is 0 Å². The summed E-state index contributed by atoms with van der Waals surface area (Å²) < 4.78 is 11.4. The molecule has 2 N–H and O–H groups in total. The Kier molecular flexibility index (Phi) is 7.12. The van der Waals surface area contributed by atoms with Crippen molar-refractivity contribution in [2.75, 3.05) is 39.8 Å². The number of morpholine rings is 1. The number of ether oxygens (including phenoxy) is 1. The maximum absolute atomic E-state index is 5.87. The Morgan fingerprint density at radius 2 is 2.17 bits per heavy atom. The maximum Gasteiger partial charge on any atom is 0.191 e. The lowest BCUT2D eigenvalue weighted by atomic mass is 10.2. The number of hydrogen-bond donors (Lipinski definition) is 2. The molecular formula is C18H32N4O2. The fourth-order valence-corrected chi connectivity index (χ4v) is 3.06. The zero-order valence-corrected chi connectivity index (χ0v) is 15.7. The summed E-state index contributed by atoms with van der Waals surface area (Å²) >= 11 is 0. The van der Waals surface area contributed by atoms with Crippen LogP contribution in [0.4, 0.5) is 0 Å². The molecule has 1 fully saturated rings. The molecule has 0 amide bonds. The number of hydrogen-bond acceptors (Lipinski definition) is 4. The number of aliphatic imine (C=N–C) groups is 1. The van der Waals surface area contributed by atoms with Crippen LogP contribution in [0.3, 0.4) is 0 Å². The highest BCUT2D eigenvalue weighted by atomic mass is 16.5. The second-order valence-electron chi connectivity index (χ2n) is 6.89. The highest BCUT2D eigenvalue weighted by molar-refractivity contribution is 5.79. The van der Waals surface area contributed by atoms with Gasteiger partial charge >= 0.3 is 0 Å². The number of rotatable bonds is 6. The molecule has 0 aliphatic carbocycles. The molecule has 2 rings (SSSR count). The van der Waals surface area contributed by atoms with E-state index in [4.69, 9.17) is 9.15 Å². The topological polar surface area (TPSA) is 62.0 Å². The van der Waals surface area contributed by atoms with E-state index in [1.807, 2.05) is 13.8 Å². The van der Waals surface area contributed by atoms with Gasteiger partial charge in [-0.1, -0.05) is 13.8 Å². The van der Waals surface area contributed by atoms with Gasteiger partial charge in [0.2, 0.25) is 0 Å². The molecule has 1 aliphatic heterocycles. The zero-order chi connectivity index (χ0) is 17.5. The van der Waals surface area contributed by atoms with Crippen molar-refractivity contribution in [2.45, 2.75) is 40.3 Å². The van der Waals surface area contributed by atoms with Gasteiger partial charge < -0.3 is 19.8 Å². The van der Waals surface area contributed by atoms with Gasteiger partial charge in [-0.2, -0.15) is 0 Å². The summed E-state index contributed by atoms with van der Waals surface area (Å²) in [4.78, 5) is 6.77. The lowest BCUT2D eigenvalue weighted by molar-refractivity contribution is -0.0284. The van der Waals surface area contributed by atoms with Crippen LogP contribution >= 0.6 is 0 Å². The van der Waals surface area contributed by atoms with Gasteiger partial charge in [0.15, 0.2) is 5.96 Å². The molecule has 6 nitrogen and oxygen atoms in total. The van der Waals surface area contributed by atoms with Gasteiger partial charge in [0.25, 0.3) is 0 Å². The Hall–Kier alpha value is -1.53. The molecule has 1 aromatic heterocycles. The molecule has 2 heterocycles. The van der Waals surface area contributed by atoms with Crippen LogP contribution < -0.4 is 10.6 Å². The fraction of sp³-hybridized carbons (Fsp3) is 0.722. The second kappa shape index (κ2) is 9.08. The largest absolute Gasteiger partial charge is 0.466 e. The van der Waals surface area contributed by atoms with Crippen LogP contribution in [-0.4, -0.2) is 56.8 Å². The van der Waals surface area contributed by atoms with E-state index in [1.165, 1.54) is 0 Å². The molecule has 0 saturated carbocycles. The van der Waals surface area contributed by atoms with Gasteiger partial charge in [-0.05, 0) is 25.8 Å². The van der Waals surface area contributed by atoms with Crippen LogP contribution in [0, 0.1) is 19.8 Å². The minimum atomic E-state index is 0.203. The van der Waals surface area contributed by atoms with Gasteiger partial charge in [-0.25, -0.2) is 0 Å². The van der Waals surface area contributed by atoms with Crippen LogP contribution in [0.1, 0.15) is 30.9 Å². The van der Waals surface area contributed by atoms with E-state index in [0.29, 0.717) is 12.5 Å². The Balaban J connectivity index is 1.76. The first-order chi connectivity index (χ1) is 11.5. The van der Waals surface area contributed by atoms with Crippen molar-refractivity contribution in [2.24, 2.45) is 10.9 Å². The van der Waals surface area contributed by atoms with Crippen molar-refractivity contribution in [3.63, 3.8) is 0 Å². The van der Waals surface area contributed by atoms with E-state index in [2.05, 4.69) is 40.4 Å². The maximum atomic E-state index is 5.87. The summed E-state index contributed by atoms with van der Waals surface area (Å²) in [7, 11) is 1.79. The molecular weight excluding hydrogens is 304 g/mol. The first-order valence-electron chi connectivity index (χ1n) is 8.82. The highest BCUT2D eigenvalue weighted by Gasteiger charge is 2.21. The minimum Gasteiger partial charge on any atom is -0.466 e. The first kappa shape index (κ1) is 18.8. The van der Waals surface area contributed by atoms with Gasteiger partial charge in [-0.15, -0.1) is 0 Å². The number of nitrogens with one attached hydrogen (secondary N) is 2. The fourth-order valence-electron chi connectivity index (χ4n) is 3.06. The third-order valence-corrected chi connectivity index (χ3v) is 4.16. The van der Waals surface area contributed by atoms with E-state index >= 15 is 0 Å². The average Bonchev–Trinajstić information content (AvgIpc) is 2.85. The Morgan fingerprint density at radius 1 is 1.38 bits per heavy atom. The Morgan fingerprint density at radius 3 is 2.79 bits per heavy atom. The lowest BCUT2D eigenvalue weighted by Crippen LogP contribution is -2.50. The van der Waals surface area contributed by atoms with E-state index in [1.54, 1.807) is 7.05 Å². The molecule has 1 unspecified atom stereocenters.